The summed E-state index contributed by atoms with van der Waals surface area (Å²) in [6, 6.07) is 17.4. The van der Waals surface area contributed by atoms with Gasteiger partial charge in [-0.1, -0.05) is 52.1 Å². The molecule has 0 spiro atoms. The largest absolute Gasteiger partial charge is 0.371 e. The van der Waals surface area contributed by atoms with Gasteiger partial charge in [0.2, 0.25) is 0 Å². The van der Waals surface area contributed by atoms with Crippen LogP contribution < -0.4 is 10.6 Å². The molecule has 1 aliphatic rings. The molecule has 0 amide bonds. The maximum atomic E-state index is 13.9. The zero-order chi connectivity index (χ0) is 32.6. The standard InChI is InChI=1S/C34H32Cl3FN8/c1-34(2,3)45-12-10-25(11-13-45)46-19-30(43-44-46)32(20-4-6-22(35)7-5-20)42-29-15-23(36)14-26-31(21(17-39)18-40-33(26)29)41-24-8-9-28(38)27(37)16-24/h4-9,14-16,18-19,25,32,42H,10-13H2,1-3H3,(H,40,41)/t32-/m0/s1. The minimum absolute atomic E-state index is 0.0409. The summed E-state index contributed by atoms with van der Waals surface area (Å²) in [4.78, 5) is 7.15. The van der Waals surface area contributed by atoms with Crippen molar-refractivity contribution in [2.45, 2.75) is 51.2 Å². The number of fused-ring (bicyclic) bond motifs is 1. The van der Waals surface area contributed by atoms with Crippen LogP contribution in [0.4, 0.5) is 21.5 Å². The van der Waals surface area contributed by atoms with Crippen molar-refractivity contribution in [2.75, 3.05) is 23.7 Å². The van der Waals surface area contributed by atoms with Gasteiger partial charge in [0.15, 0.2) is 0 Å². The summed E-state index contributed by atoms with van der Waals surface area (Å²) in [7, 11) is 0. The van der Waals surface area contributed by atoms with Gasteiger partial charge < -0.3 is 10.6 Å². The second-order valence-corrected chi connectivity index (χ2v) is 13.7. The zero-order valence-corrected chi connectivity index (χ0v) is 27.8. The first-order chi connectivity index (χ1) is 22.0. The summed E-state index contributed by atoms with van der Waals surface area (Å²) in [5, 5.41) is 27.5. The molecule has 3 aromatic carbocycles. The number of nitrogens with zero attached hydrogens (tertiary/aromatic N) is 6. The molecule has 1 atom stereocenters. The van der Waals surface area contributed by atoms with E-state index in [1.807, 2.05) is 35.1 Å². The fraction of sp³-hybridized carbons (Fsp3) is 0.294. The van der Waals surface area contributed by atoms with Gasteiger partial charge in [-0.15, -0.1) is 5.10 Å². The Balaban J connectivity index is 1.38. The van der Waals surface area contributed by atoms with Crippen LogP contribution in [-0.2, 0) is 0 Å². The van der Waals surface area contributed by atoms with Crippen LogP contribution in [0, 0.1) is 17.1 Å². The molecule has 2 aromatic heterocycles. The van der Waals surface area contributed by atoms with Gasteiger partial charge >= 0.3 is 0 Å². The summed E-state index contributed by atoms with van der Waals surface area (Å²) in [6.45, 7) is 8.73. The first kappa shape index (κ1) is 32.0. The van der Waals surface area contributed by atoms with Crippen molar-refractivity contribution in [3.05, 3.63) is 105 Å². The lowest BCUT2D eigenvalue weighted by atomic mass is 9.98. The van der Waals surface area contributed by atoms with Crippen LogP contribution in [-0.4, -0.2) is 43.5 Å². The second kappa shape index (κ2) is 13.0. The third-order valence-electron chi connectivity index (χ3n) is 8.36. The smallest absolute Gasteiger partial charge is 0.141 e. The molecule has 46 heavy (non-hydrogen) atoms. The van der Waals surface area contributed by atoms with Crippen LogP contribution in [0.3, 0.4) is 0 Å². The maximum absolute atomic E-state index is 13.9. The van der Waals surface area contributed by atoms with Crippen LogP contribution in [0.25, 0.3) is 10.9 Å². The normalized spacial score (nSPS) is 15.1. The number of hydrogen-bond acceptors (Lipinski definition) is 7. The Morgan fingerprint density at radius 2 is 1.74 bits per heavy atom. The maximum Gasteiger partial charge on any atom is 0.141 e. The molecule has 1 fully saturated rings. The van der Waals surface area contributed by atoms with E-state index in [1.54, 1.807) is 18.2 Å². The van der Waals surface area contributed by atoms with Crippen LogP contribution in [0.1, 0.15) is 62.5 Å². The number of aromatic nitrogens is 4. The summed E-state index contributed by atoms with van der Waals surface area (Å²) in [6.07, 6.45) is 5.46. The predicted molar refractivity (Wildman–Crippen MR) is 183 cm³/mol. The van der Waals surface area contributed by atoms with Gasteiger partial charge in [-0.05, 0) is 81.6 Å². The van der Waals surface area contributed by atoms with Crippen molar-refractivity contribution < 1.29 is 4.39 Å². The van der Waals surface area contributed by atoms with Crippen LogP contribution in [0.15, 0.2) is 67.0 Å². The van der Waals surface area contributed by atoms with E-state index in [1.165, 1.54) is 18.3 Å². The number of rotatable bonds is 7. The summed E-state index contributed by atoms with van der Waals surface area (Å²) in [5.74, 6) is -0.539. The van der Waals surface area contributed by atoms with E-state index >= 15 is 0 Å². The lowest BCUT2D eigenvalue weighted by molar-refractivity contribution is 0.0866. The number of benzene rings is 3. The van der Waals surface area contributed by atoms with E-state index in [-0.39, 0.29) is 22.2 Å². The molecule has 2 N–H and O–H groups in total. The van der Waals surface area contributed by atoms with Gasteiger partial charge in [-0.2, -0.15) is 5.26 Å². The van der Waals surface area contributed by atoms with Crippen molar-refractivity contribution in [3.8, 4) is 6.07 Å². The molecule has 0 saturated carbocycles. The Morgan fingerprint density at radius 1 is 1.00 bits per heavy atom. The molecule has 0 unspecified atom stereocenters. The highest BCUT2D eigenvalue weighted by molar-refractivity contribution is 6.32. The van der Waals surface area contributed by atoms with E-state index in [0.29, 0.717) is 38.0 Å². The number of hydrogen-bond donors (Lipinski definition) is 2. The summed E-state index contributed by atoms with van der Waals surface area (Å²) in [5.41, 5.74) is 4.23. The third-order valence-corrected chi connectivity index (χ3v) is 9.12. The molecule has 1 aliphatic heterocycles. The van der Waals surface area contributed by atoms with Crippen molar-refractivity contribution >= 4 is 62.8 Å². The van der Waals surface area contributed by atoms with E-state index in [9.17, 15) is 9.65 Å². The lowest BCUT2D eigenvalue weighted by Crippen LogP contribution is -2.46. The van der Waals surface area contributed by atoms with Crippen molar-refractivity contribution in [2.24, 2.45) is 0 Å². The van der Waals surface area contributed by atoms with Crippen LogP contribution in [0.5, 0.6) is 0 Å². The average molecular weight is 678 g/mol. The molecule has 6 rings (SSSR count). The fourth-order valence-corrected chi connectivity index (χ4v) is 6.38. The second-order valence-electron chi connectivity index (χ2n) is 12.4. The van der Waals surface area contributed by atoms with E-state index < -0.39 is 11.9 Å². The molecule has 0 radical (unpaired) electrons. The third kappa shape index (κ3) is 6.76. The SMILES string of the molecule is CC(C)(C)N1CCC(n2cc([C@@H](Nc3cc(Cl)cc4c(Nc5ccc(F)c(Cl)c5)c(C#N)cnc34)c3ccc(Cl)cc3)nn2)CC1. The molecule has 3 heterocycles. The monoisotopic (exact) mass is 676 g/mol. The van der Waals surface area contributed by atoms with Gasteiger partial charge in [-0.3, -0.25) is 9.88 Å². The molecular formula is C34H32Cl3FN8. The Hall–Kier alpha value is -3.94. The number of piperidine rings is 1. The zero-order valence-electron chi connectivity index (χ0n) is 25.5. The van der Waals surface area contributed by atoms with E-state index in [0.717, 1.165) is 37.2 Å². The molecule has 236 valence electrons. The Labute approximate surface area is 282 Å². The van der Waals surface area contributed by atoms with Gasteiger partial charge in [0.1, 0.15) is 17.6 Å². The van der Waals surface area contributed by atoms with Crippen molar-refractivity contribution in [3.63, 3.8) is 0 Å². The fourth-order valence-electron chi connectivity index (χ4n) is 5.86. The average Bonchev–Trinajstić information content (AvgIpc) is 3.52. The minimum Gasteiger partial charge on any atom is -0.371 e. The highest BCUT2D eigenvalue weighted by Gasteiger charge is 2.29. The summed E-state index contributed by atoms with van der Waals surface area (Å²) < 4.78 is 15.8. The molecule has 0 aliphatic carbocycles. The predicted octanol–water partition coefficient (Wildman–Crippen LogP) is 9.18. The lowest BCUT2D eigenvalue weighted by Gasteiger charge is -2.40. The highest BCUT2D eigenvalue weighted by atomic mass is 35.5. The first-order valence-electron chi connectivity index (χ1n) is 14.9. The van der Waals surface area contributed by atoms with Crippen LogP contribution in [0.2, 0.25) is 15.1 Å². The topological polar surface area (TPSA) is 94.7 Å². The number of pyridine rings is 1. The van der Waals surface area contributed by atoms with E-state index in [4.69, 9.17) is 34.8 Å². The van der Waals surface area contributed by atoms with Gasteiger partial charge in [0.05, 0.1) is 45.8 Å². The Kier molecular flexibility index (Phi) is 9.08. The number of nitriles is 1. The molecule has 0 bridgehead atoms. The molecular weight excluding hydrogens is 646 g/mol. The van der Waals surface area contributed by atoms with Gasteiger partial charge in [0.25, 0.3) is 0 Å². The highest BCUT2D eigenvalue weighted by Crippen LogP contribution is 2.38. The molecule has 12 heteroatoms. The number of anilines is 3. The van der Waals surface area contributed by atoms with Crippen molar-refractivity contribution in [1.82, 2.24) is 24.9 Å². The number of halogens is 4. The van der Waals surface area contributed by atoms with Crippen molar-refractivity contribution in [1.29, 1.82) is 5.26 Å². The van der Waals surface area contributed by atoms with Gasteiger partial charge in [0, 0.05) is 45.9 Å². The van der Waals surface area contributed by atoms with Crippen LogP contribution >= 0.6 is 34.8 Å². The summed E-state index contributed by atoms with van der Waals surface area (Å²) >= 11 is 19.0. The quantitative estimate of drug-likeness (QED) is 0.177. The number of likely N-dealkylation sites (tertiary alicyclic amines) is 1. The first-order valence-corrected chi connectivity index (χ1v) is 16.1. The molecule has 8 nitrogen and oxygen atoms in total. The van der Waals surface area contributed by atoms with Gasteiger partial charge in [-0.25, -0.2) is 9.07 Å². The van der Waals surface area contributed by atoms with E-state index in [2.05, 4.69) is 57.7 Å². The Bertz CT molecular complexity index is 1920. The number of nitrogens with one attached hydrogen (secondary N) is 2. The minimum atomic E-state index is -0.539. The Morgan fingerprint density at radius 3 is 2.41 bits per heavy atom. The molecule has 5 aromatic rings. The molecule has 1 saturated heterocycles.